The Kier molecular flexibility index (Phi) is 4.02. The zero-order valence-corrected chi connectivity index (χ0v) is 7.62. The summed E-state index contributed by atoms with van der Waals surface area (Å²) in [6.45, 7) is 6.96. The molecule has 12 heavy (non-hydrogen) atoms. The molecule has 2 atom stereocenters. The maximum absolute atomic E-state index is 9.53. The van der Waals surface area contributed by atoms with E-state index in [1.165, 1.54) is 6.08 Å². The molecule has 0 fully saturated rings. The molecular weight excluding hydrogens is 152 g/mol. The molecule has 0 bridgehead atoms. The molecule has 2 heteroatoms. The van der Waals surface area contributed by atoms with Crippen LogP contribution < -0.4 is 0 Å². The van der Waals surface area contributed by atoms with Gasteiger partial charge >= 0.3 is 0 Å². The Morgan fingerprint density at radius 1 is 1.58 bits per heavy atom. The summed E-state index contributed by atoms with van der Waals surface area (Å²) in [5, 5.41) is 19.0. The van der Waals surface area contributed by atoms with E-state index in [1.807, 2.05) is 0 Å². The normalized spacial score (nSPS) is 16.2. The van der Waals surface area contributed by atoms with Crippen LogP contribution in [0.2, 0.25) is 0 Å². The molecule has 0 rings (SSSR count). The smallest absolute Gasteiger partial charge is 0.0794 e. The van der Waals surface area contributed by atoms with Gasteiger partial charge in [0, 0.05) is 11.8 Å². The van der Waals surface area contributed by atoms with Crippen LogP contribution in [0, 0.1) is 17.8 Å². The molecule has 0 amide bonds. The van der Waals surface area contributed by atoms with Gasteiger partial charge in [0.25, 0.3) is 0 Å². The van der Waals surface area contributed by atoms with Crippen LogP contribution in [-0.2, 0) is 0 Å². The SMILES string of the molecule is C#CC[C@@H](O)C(C)(C)[C@H](O)C=C. The monoisotopic (exact) mass is 168 g/mol. The van der Waals surface area contributed by atoms with Crippen molar-refractivity contribution in [2.75, 3.05) is 0 Å². The van der Waals surface area contributed by atoms with Crippen LogP contribution in [0.5, 0.6) is 0 Å². The van der Waals surface area contributed by atoms with E-state index >= 15 is 0 Å². The first-order valence-electron chi connectivity index (χ1n) is 3.89. The van der Waals surface area contributed by atoms with Crippen molar-refractivity contribution in [1.29, 1.82) is 0 Å². The molecule has 0 aromatic rings. The summed E-state index contributed by atoms with van der Waals surface area (Å²) in [5.74, 6) is 2.36. The summed E-state index contributed by atoms with van der Waals surface area (Å²) in [6, 6.07) is 0. The summed E-state index contributed by atoms with van der Waals surface area (Å²) in [7, 11) is 0. The summed E-state index contributed by atoms with van der Waals surface area (Å²) in [5.41, 5.74) is -0.631. The van der Waals surface area contributed by atoms with Crippen LogP contribution >= 0.6 is 0 Å². The topological polar surface area (TPSA) is 40.5 Å². The molecule has 0 aliphatic heterocycles. The first kappa shape index (κ1) is 11.2. The van der Waals surface area contributed by atoms with Gasteiger partial charge in [0.15, 0.2) is 0 Å². The average molecular weight is 168 g/mol. The Hall–Kier alpha value is -0.780. The number of aliphatic hydroxyl groups is 2. The van der Waals surface area contributed by atoms with Crippen molar-refractivity contribution >= 4 is 0 Å². The zero-order chi connectivity index (χ0) is 9.78. The fourth-order valence-electron chi connectivity index (χ4n) is 0.876. The maximum Gasteiger partial charge on any atom is 0.0794 e. The van der Waals surface area contributed by atoms with Gasteiger partial charge < -0.3 is 10.2 Å². The van der Waals surface area contributed by atoms with E-state index in [0.717, 1.165) is 0 Å². The summed E-state index contributed by atoms with van der Waals surface area (Å²) >= 11 is 0. The Morgan fingerprint density at radius 3 is 2.42 bits per heavy atom. The van der Waals surface area contributed by atoms with Gasteiger partial charge in [0.2, 0.25) is 0 Å². The van der Waals surface area contributed by atoms with Crippen molar-refractivity contribution < 1.29 is 10.2 Å². The minimum atomic E-state index is -0.735. The van der Waals surface area contributed by atoms with Crippen LogP contribution in [0.25, 0.3) is 0 Å². The van der Waals surface area contributed by atoms with Crippen molar-refractivity contribution in [3.8, 4) is 12.3 Å². The van der Waals surface area contributed by atoms with Gasteiger partial charge in [0.1, 0.15) is 0 Å². The van der Waals surface area contributed by atoms with E-state index in [2.05, 4.69) is 12.5 Å². The fourth-order valence-corrected chi connectivity index (χ4v) is 0.876. The lowest BCUT2D eigenvalue weighted by Crippen LogP contribution is -2.39. The lowest BCUT2D eigenvalue weighted by atomic mass is 9.79. The highest BCUT2D eigenvalue weighted by molar-refractivity contribution is 4.99. The number of aliphatic hydroxyl groups excluding tert-OH is 2. The molecule has 0 aliphatic carbocycles. The van der Waals surface area contributed by atoms with Crippen LogP contribution in [0.3, 0.4) is 0 Å². The maximum atomic E-state index is 9.53. The lowest BCUT2D eigenvalue weighted by molar-refractivity contribution is -0.0222. The van der Waals surface area contributed by atoms with E-state index in [4.69, 9.17) is 6.42 Å². The van der Waals surface area contributed by atoms with Crippen molar-refractivity contribution in [3.05, 3.63) is 12.7 Å². The molecule has 0 aromatic carbocycles. The van der Waals surface area contributed by atoms with Crippen LogP contribution in [0.1, 0.15) is 20.3 Å². The third-order valence-electron chi connectivity index (χ3n) is 2.16. The van der Waals surface area contributed by atoms with Gasteiger partial charge in [-0.3, -0.25) is 0 Å². The molecule has 0 aromatic heterocycles. The molecule has 0 saturated heterocycles. The molecule has 0 radical (unpaired) electrons. The number of hydrogen-bond donors (Lipinski definition) is 2. The zero-order valence-electron chi connectivity index (χ0n) is 7.62. The molecule has 0 heterocycles. The van der Waals surface area contributed by atoms with Gasteiger partial charge in [-0.15, -0.1) is 18.9 Å². The minimum absolute atomic E-state index is 0.248. The Labute approximate surface area is 73.9 Å². The van der Waals surface area contributed by atoms with Crippen molar-refractivity contribution in [2.45, 2.75) is 32.5 Å². The van der Waals surface area contributed by atoms with E-state index in [-0.39, 0.29) is 6.42 Å². The number of hydrogen-bond acceptors (Lipinski definition) is 2. The summed E-state index contributed by atoms with van der Waals surface area (Å²) in [6.07, 6.45) is 5.27. The highest BCUT2D eigenvalue weighted by Gasteiger charge is 2.32. The van der Waals surface area contributed by atoms with E-state index in [1.54, 1.807) is 13.8 Å². The Bertz CT molecular complexity index is 189. The molecule has 68 valence electrons. The predicted molar refractivity (Wildman–Crippen MR) is 49.4 cm³/mol. The van der Waals surface area contributed by atoms with Crippen LogP contribution in [0.15, 0.2) is 12.7 Å². The van der Waals surface area contributed by atoms with Gasteiger partial charge in [-0.1, -0.05) is 19.9 Å². The number of rotatable bonds is 4. The second-order valence-electron chi connectivity index (χ2n) is 3.43. The third kappa shape index (κ3) is 2.37. The average Bonchev–Trinajstić information content (AvgIpc) is 2.03. The molecule has 0 aliphatic rings. The van der Waals surface area contributed by atoms with E-state index in [9.17, 15) is 10.2 Å². The van der Waals surface area contributed by atoms with Crippen molar-refractivity contribution in [2.24, 2.45) is 5.41 Å². The molecule has 0 spiro atoms. The third-order valence-corrected chi connectivity index (χ3v) is 2.16. The molecular formula is C10H16O2. The second-order valence-corrected chi connectivity index (χ2v) is 3.43. The highest BCUT2D eigenvalue weighted by Crippen LogP contribution is 2.27. The Morgan fingerprint density at radius 2 is 2.08 bits per heavy atom. The van der Waals surface area contributed by atoms with Crippen molar-refractivity contribution in [1.82, 2.24) is 0 Å². The quantitative estimate of drug-likeness (QED) is 0.484. The van der Waals surface area contributed by atoms with Crippen LogP contribution in [0.4, 0.5) is 0 Å². The first-order valence-corrected chi connectivity index (χ1v) is 3.89. The summed E-state index contributed by atoms with van der Waals surface area (Å²) < 4.78 is 0. The van der Waals surface area contributed by atoms with Gasteiger partial charge in [-0.2, -0.15) is 0 Å². The fraction of sp³-hybridized carbons (Fsp3) is 0.600. The largest absolute Gasteiger partial charge is 0.391 e. The predicted octanol–water partition coefficient (Wildman–Crippen LogP) is 0.944. The van der Waals surface area contributed by atoms with E-state index < -0.39 is 17.6 Å². The second kappa shape index (κ2) is 4.30. The first-order chi connectivity index (χ1) is 5.46. The highest BCUT2D eigenvalue weighted by atomic mass is 16.3. The van der Waals surface area contributed by atoms with Crippen molar-refractivity contribution in [3.63, 3.8) is 0 Å². The standard InChI is InChI=1S/C10H16O2/c1-5-7-9(12)10(3,4)8(11)6-2/h1,6,8-9,11-12H,2,7H2,3-4H3/t8-,9-/m1/s1. The van der Waals surface area contributed by atoms with Gasteiger partial charge in [0.05, 0.1) is 12.2 Å². The van der Waals surface area contributed by atoms with Gasteiger partial charge in [-0.05, 0) is 0 Å². The number of terminal acetylenes is 1. The minimum Gasteiger partial charge on any atom is -0.391 e. The Balaban J connectivity index is 4.38. The lowest BCUT2D eigenvalue weighted by Gasteiger charge is -2.32. The molecule has 0 saturated carbocycles. The molecule has 0 unspecified atom stereocenters. The van der Waals surface area contributed by atoms with Gasteiger partial charge in [-0.25, -0.2) is 0 Å². The molecule has 2 nitrogen and oxygen atoms in total. The van der Waals surface area contributed by atoms with E-state index in [0.29, 0.717) is 0 Å². The molecule has 2 N–H and O–H groups in total. The summed E-state index contributed by atoms with van der Waals surface area (Å²) in [4.78, 5) is 0. The van der Waals surface area contributed by atoms with Crippen LogP contribution in [-0.4, -0.2) is 22.4 Å².